The van der Waals surface area contributed by atoms with E-state index in [2.05, 4.69) is 0 Å². The van der Waals surface area contributed by atoms with Crippen LogP contribution in [0.4, 0.5) is 0 Å². The van der Waals surface area contributed by atoms with Crippen LogP contribution in [0.1, 0.15) is 26.2 Å². The number of hydrogen-bond donors (Lipinski definition) is 1. The quantitative estimate of drug-likeness (QED) is 0.603. The summed E-state index contributed by atoms with van der Waals surface area (Å²) in [5.41, 5.74) is 4.88. The third-order valence-corrected chi connectivity index (χ3v) is 1.26. The first kappa shape index (κ1) is 9.14. The summed E-state index contributed by atoms with van der Waals surface area (Å²) in [5, 5.41) is 0. The summed E-state index contributed by atoms with van der Waals surface area (Å²) in [7, 11) is 0. The van der Waals surface area contributed by atoms with Crippen molar-refractivity contribution in [2.45, 2.75) is 26.2 Å². The highest BCUT2D eigenvalue weighted by atomic mass is 16.1. The van der Waals surface area contributed by atoms with Gasteiger partial charge in [0, 0.05) is 12.3 Å². The van der Waals surface area contributed by atoms with Crippen molar-refractivity contribution in [3.05, 3.63) is 0 Å². The fourth-order valence-corrected chi connectivity index (χ4v) is 0.641. The van der Waals surface area contributed by atoms with E-state index in [0.717, 1.165) is 0 Å². The van der Waals surface area contributed by atoms with Crippen molar-refractivity contribution in [3.63, 3.8) is 0 Å². The van der Waals surface area contributed by atoms with Gasteiger partial charge in [-0.1, -0.05) is 6.92 Å². The van der Waals surface area contributed by atoms with Crippen LogP contribution < -0.4 is 5.73 Å². The molecule has 10 heavy (non-hydrogen) atoms. The average Bonchev–Trinajstić information content (AvgIpc) is 1.87. The number of carbonyl (C=O) groups excluding carboxylic acids is 2. The molecule has 0 saturated carbocycles. The Morgan fingerprint density at radius 1 is 1.70 bits per heavy atom. The molecule has 0 bridgehead atoms. The van der Waals surface area contributed by atoms with Crippen LogP contribution in [0.5, 0.6) is 0 Å². The third kappa shape index (κ3) is 5.28. The topological polar surface area (TPSA) is 60.2 Å². The second kappa shape index (κ2) is 4.97. The zero-order valence-corrected chi connectivity index (χ0v) is 6.09. The van der Waals surface area contributed by atoms with E-state index in [0.29, 0.717) is 19.3 Å². The summed E-state index contributed by atoms with van der Waals surface area (Å²) >= 11 is 0. The summed E-state index contributed by atoms with van der Waals surface area (Å²) < 4.78 is 0. The Morgan fingerprint density at radius 3 is 2.70 bits per heavy atom. The predicted octanol–water partition coefficient (Wildman–Crippen LogP) is 0.388. The van der Waals surface area contributed by atoms with Crippen LogP contribution in [0.25, 0.3) is 0 Å². The van der Waals surface area contributed by atoms with Crippen molar-refractivity contribution in [1.29, 1.82) is 0 Å². The molecule has 0 fully saturated rings. The van der Waals surface area contributed by atoms with Gasteiger partial charge in [0.1, 0.15) is 0 Å². The Labute approximate surface area is 60.6 Å². The maximum Gasteiger partial charge on any atom is 0.217 e. The number of amides is 1. The standard InChI is InChI=1S/C7H12NO2/c1-6(5-9)3-2-4-7(8)10/h6H,2-4H2,1H3,(H2,8,10). The molecular formula is C7H12NO2. The first-order valence-corrected chi connectivity index (χ1v) is 3.32. The lowest BCUT2D eigenvalue weighted by molar-refractivity contribution is -0.118. The van der Waals surface area contributed by atoms with Crippen molar-refractivity contribution >= 4 is 12.2 Å². The second-order valence-corrected chi connectivity index (χ2v) is 2.38. The Kier molecular flexibility index (Phi) is 4.54. The fraction of sp³-hybridized carbons (Fsp3) is 0.714. The molecule has 3 nitrogen and oxygen atoms in total. The molecule has 3 heteroatoms. The Morgan fingerprint density at radius 2 is 2.30 bits per heavy atom. The van der Waals surface area contributed by atoms with Gasteiger partial charge in [0.2, 0.25) is 12.2 Å². The number of hydrogen-bond acceptors (Lipinski definition) is 2. The molecule has 2 N–H and O–H groups in total. The van der Waals surface area contributed by atoms with Gasteiger partial charge in [-0.2, -0.15) is 0 Å². The van der Waals surface area contributed by atoms with Gasteiger partial charge in [-0.25, -0.2) is 0 Å². The second-order valence-electron chi connectivity index (χ2n) is 2.38. The van der Waals surface area contributed by atoms with Gasteiger partial charge >= 0.3 is 0 Å². The number of nitrogens with two attached hydrogens (primary N) is 1. The first-order valence-electron chi connectivity index (χ1n) is 3.32. The molecule has 1 unspecified atom stereocenters. The molecule has 0 aromatic carbocycles. The Bertz CT molecular complexity index is 123. The SMILES string of the molecule is CC([C]=O)CCCC(N)=O. The van der Waals surface area contributed by atoms with E-state index in [4.69, 9.17) is 5.73 Å². The molecule has 0 aliphatic heterocycles. The van der Waals surface area contributed by atoms with Crippen molar-refractivity contribution in [1.82, 2.24) is 0 Å². The van der Waals surface area contributed by atoms with Crippen molar-refractivity contribution < 1.29 is 9.59 Å². The largest absolute Gasteiger partial charge is 0.370 e. The average molecular weight is 142 g/mol. The van der Waals surface area contributed by atoms with Gasteiger partial charge in [-0.15, -0.1) is 0 Å². The molecule has 0 aromatic heterocycles. The zero-order chi connectivity index (χ0) is 7.98. The minimum atomic E-state index is -0.307. The highest BCUT2D eigenvalue weighted by Gasteiger charge is 2.01. The molecule has 0 spiro atoms. The highest BCUT2D eigenvalue weighted by molar-refractivity contribution is 5.73. The molecule has 0 aliphatic rings. The summed E-state index contributed by atoms with van der Waals surface area (Å²) in [6.07, 6.45) is 3.59. The lowest BCUT2D eigenvalue weighted by Gasteiger charge is -1.98. The molecule has 0 aliphatic carbocycles. The molecular weight excluding hydrogens is 130 g/mol. The molecule has 1 amide bonds. The van der Waals surface area contributed by atoms with Gasteiger partial charge in [0.05, 0.1) is 0 Å². The minimum absolute atomic E-state index is 0.0700. The lowest BCUT2D eigenvalue weighted by Crippen LogP contribution is -2.10. The Balaban J connectivity index is 3.19. The molecule has 0 aromatic rings. The van der Waals surface area contributed by atoms with Crippen LogP contribution >= 0.6 is 0 Å². The summed E-state index contributed by atoms with van der Waals surface area (Å²) in [5.74, 6) is -0.377. The van der Waals surface area contributed by atoms with Crippen LogP contribution in [0.15, 0.2) is 0 Å². The van der Waals surface area contributed by atoms with E-state index < -0.39 is 0 Å². The van der Waals surface area contributed by atoms with Crippen molar-refractivity contribution in [2.75, 3.05) is 0 Å². The number of carbonyl (C=O) groups is 1. The van der Waals surface area contributed by atoms with Crippen molar-refractivity contribution in [2.24, 2.45) is 11.7 Å². The Hall–Kier alpha value is -0.860. The van der Waals surface area contributed by atoms with Crippen LogP contribution in [0, 0.1) is 5.92 Å². The van der Waals surface area contributed by atoms with Gasteiger partial charge < -0.3 is 5.73 Å². The normalized spacial score (nSPS) is 12.5. The van der Waals surface area contributed by atoms with E-state index >= 15 is 0 Å². The summed E-state index contributed by atoms with van der Waals surface area (Å²) in [6, 6.07) is 0. The van der Waals surface area contributed by atoms with E-state index in [-0.39, 0.29) is 11.8 Å². The van der Waals surface area contributed by atoms with E-state index in [1.807, 2.05) is 6.29 Å². The van der Waals surface area contributed by atoms with Crippen LogP contribution in [-0.4, -0.2) is 12.2 Å². The fourth-order valence-electron chi connectivity index (χ4n) is 0.641. The third-order valence-electron chi connectivity index (χ3n) is 1.26. The zero-order valence-electron chi connectivity index (χ0n) is 6.09. The molecule has 1 atom stereocenters. The van der Waals surface area contributed by atoms with E-state index in [9.17, 15) is 9.59 Å². The van der Waals surface area contributed by atoms with E-state index in [1.165, 1.54) is 0 Å². The number of rotatable bonds is 5. The van der Waals surface area contributed by atoms with Gasteiger partial charge in [-0.3, -0.25) is 9.59 Å². The summed E-state index contributed by atoms with van der Waals surface area (Å²) in [4.78, 5) is 20.1. The maximum absolute atomic E-state index is 10.2. The van der Waals surface area contributed by atoms with Crippen LogP contribution in [-0.2, 0) is 9.59 Å². The van der Waals surface area contributed by atoms with E-state index in [1.54, 1.807) is 6.92 Å². The molecule has 1 radical (unpaired) electrons. The smallest absolute Gasteiger partial charge is 0.217 e. The molecule has 57 valence electrons. The highest BCUT2D eigenvalue weighted by Crippen LogP contribution is 2.03. The van der Waals surface area contributed by atoms with Crippen molar-refractivity contribution in [3.8, 4) is 0 Å². The van der Waals surface area contributed by atoms with Gasteiger partial charge in [0.15, 0.2) is 0 Å². The van der Waals surface area contributed by atoms with Gasteiger partial charge in [-0.05, 0) is 12.8 Å². The molecule has 0 rings (SSSR count). The first-order chi connectivity index (χ1) is 4.66. The van der Waals surface area contributed by atoms with Gasteiger partial charge in [0.25, 0.3) is 0 Å². The monoisotopic (exact) mass is 142 g/mol. The summed E-state index contributed by atoms with van der Waals surface area (Å²) in [6.45, 7) is 1.77. The van der Waals surface area contributed by atoms with Crippen LogP contribution in [0.2, 0.25) is 0 Å². The lowest BCUT2D eigenvalue weighted by atomic mass is 10.1. The van der Waals surface area contributed by atoms with Crippen LogP contribution in [0.3, 0.4) is 0 Å². The number of primary amides is 1. The minimum Gasteiger partial charge on any atom is -0.370 e. The molecule has 0 saturated heterocycles. The maximum atomic E-state index is 10.2. The predicted molar refractivity (Wildman–Crippen MR) is 37.9 cm³/mol. The molecule has 0 heterocycles.